The number of benzene rings is 1. The molecule has 174 valence electrons. The zero-order chi connectivity index (χ0) is 23.1. The Labute approximate surface area is 193 Å². The van der Waals surface area contributed by atoms with Gasteiger partial charge in [-0.3, -0.25) is 0 Å². The second kappa shape index (κ2) is 8.96. The summed E-state index contributed by atoms with van der Waals surface area (Å²) in [5.41, 5.74) is 1.17. The van der Waals surface area contributed by atoms with E-state index >= 15 is 0 Å². The Bertz CT molecular complexity index is 913. The summed E-state index contributed by atoms with van der Waals surface area (Å²) < 4.78 is 18.7. The van der Waals surface area contributed by atoms with Crippen molar-refractivity contribution in [2.45, 2.75) is 62.2 Å². The summed E-state index contributed by atoms with van der Waals surface area (Å²) in [5, 5.41) is 20.9. The molecule has 0 bridgehead atoms. The predicted octanol–water partition coefficient (Wildman–Crippen LogP) is 4.90. The molecule has 4 rings (SSSR count). The van der Waals surface area contributed by atoms with Gasteiger partial charge in [-0.15, -0.1) is 11.8 Å². The van der Waals surface area contributed by atoms with E-state index in [0.29, 0.717) is 18.4 Å². The first-order chi connectivity index (χ1) is 15.2. The van der Waals surface area contributed by atoms with Crippen molar-refractivity contribution in [2.24, 2.45) is 22.7 Å². The molecule has 1 aromatic rings. The minimum atomic E-state index is -0.545. The molecule has 1 heterocycles. The molecular formula is C26H33FO4S. The zero-order valence-electron chi connectivity index (χ0n) is 18.9. The minimum absolute atomic E-state index is 0.0428. The van der Waals surface area contributed by atoms with E-state index in [9.17, 15) is 19.4 Å². The van der Waals surface area contributed by atoms with Crippen LogP contribution in [0, 0.1) is 28.5 Å². The van der Waals surface area contributed by atoms with Crippen LogP contribution in [0.3, 0.4) is 0 Å². The van der Waals surface area contributed by atoms with Crippen LogP contribution in [0.2, 0.25) is 0 Å². The summed E-state index contributed by atoms with van der Waals surface area (Å²) in [6, 6.07) is 6.36. The highest BCUT2D eigenvalue weighted by Gasteiger charge is 2.58. The Balaban J connectivity index is 1.66. The van der Waals surface area contributed by atoms with Gasteiger partial charge in [0, 0.05) is 21.1 Å². The van der Waals surface area contributed by atoms with Crippen LogP contribution in [0.1, 0.15) is 46.0 Å². The average Bonchev–Trinajstić information content (AvgIpc) is 3.20. The quantitative estimate of drug-likeness (QED) is 0.359. The molecule has 2 saturated carbocycles. The number of hydrogen-bond acceptors (Lipinski definition) is 5. The van der Waals surface area contributed by atoms with Crippen molar-refractivity contribution in [3.05, 3.63) is 53.9 Å². The number of carbonyl (C=O) groups is 1. The molecule has 0 aromatic heterocycles. The molecule has 0 amide bonds. The van der Waals surface area contributed by atoms with E-state index in [1.165, 1.54) is 17.7 Å². The molecule has 6 heteroatoms. The van der Waals surface area contributed by atoms with Gasteiger partial charge in [0.1, 0.15) is 12.4 Å². The number of esters is 1. The number of carbonyl (C=O) groups excluding carboxylic acids is 1. The lowest BCUT2D eigenvalue weighted by Gasteiger charge is -2.60. The van der Waals surface area contributed by atoms with Gasteiger partial charge in [-0.05, 0) is 79.7 Å². The summed E-state index contributed by atoms with van der Waals surface area (Å²) >= 11 is 1.56. The summed E-state index contributed by atoms with van der Waals surface area (Å²) in [7, 11) is 0. The highest BCUT2D eigenvalue weighted by molar-refractivity contribution is 8.00. The average molecular weight is 461 g/mol. The number of halogens is 1. The SMILES string of the molecule is C=C1CC[C@@H]2[C@](C)(CO)[C@H](O)CC[C@@]2(C)[C@@H]1CC(Sc1ccc(F)cc1)C1=CCOC1=O. The first kappa shape index (κ1) is 23.5. The highest BCUT2D eigenvalue weighted by Crippen LogP contribution is 2.62. The van der Waals surface area contributed by atoms with Crippen molar-refractivity contribution in [1.29, 1.82) is 0 Å². The van der Waals surface area contributed by atoms with Gasteiger partial charge in [-0.25, -0.2) is 9.18 Å². The van der Waals surface area contributed by atoms with Gasteiger partial charge in [0.05, 0.1) is 12.7 Å². The molecule has 1 unspecified atom stereocenters. The number of ether oxygens (including phenoxy) is 1. The topological polar surface area (TPSA) is 66.8 Å². The summed E-state index contributed by atoms with van der Waals surface area (Å²) in [4.78, 5) is 13.4. The smallest absolute Gasteiger partial charge is 0.335 e. The molecule has 1 aromatic carbocycles. The molecule has 0 radical (unpaired) electrons. The van der Waals surface area contributed by atoms with Gasteiger partial charge in [0.15, 0.2) is 0 Å². The van der Waals surface area contributed by atoms with Crippen molar-refractivity contribution in [2.75, 3.05) is 13.2 Å². The second-order valence-electron chi connectivity index (χ2n) is 10.1. The van der Waals surface area contributed by atoms with Crippen molar-refractivity contribution < 1.29 is 24.1 Å². The lowest BCUT2D eigenvalue weighted by Crippen LogP contribution is -2.57. The number of thioether (sulfide) groups is 1. The van der Waals surface area contributed by atoms with Gasteiger partial charge in [0.2, 0.25) is 0 Å². The third-order valence-corrected chi connectivity index (χ3v) is 9.61. The molecule has 2 aliphatic carbocycles. The molecule has 2 fully saturated rings. The molecule has 2 N–H and O–H groups in total. The van der Waals surface area contributed by atoms with Crippen LogP contribution in [0.15, 0.2) is 53.0 Å². The molecule has 3 aliphatic rings. The number of rotatable bonds is 6. The van der Waals surface area contributed by atoms with Crippen molar-refractivity contribution >= 4 is 17.7 Å². The number of aliphatic hydroxyl groups is 2. The van der Waals surface area contributed by atoms with Crippen LogP contribution in [0.5, 0.6) is 0 Å². The van der Waals surface area contributed by atoms with Crippen molar-refractivity contribution in [3.8, 4) is 0 Å². The van der Waals surface area contributed by atoms with Crippen LogP contribution in [-0.2, 0) is 9.53 Å². The van der Waals surface area contributed by atoms with Gasteiger partial charge in [-0.1, -0.05) is 26.0 Å². The van der Waals surface area contributed by atoms with Gasteiger partial charge in [0.25, 0.3) is 0 Å². The second-order valence-corrected chi connectivity index (χ2v) is 11.4. The molecular weight excluding hydrogens is 427 g/mol. The standard InChI is InChI=1S/C26H33FO4S/c1-16-4-9-22-25(2,12-10-23(29)26(22,3)15-28)20(16)14-21(19-11-13-31-24(19)30)32-18-7-5-17(27)6-8-18/h5-8,11,20-23,28-29H,1,4,9-10,12-15H2,2-3H3/t20-,21?,22+,23-,25+,26+/m1/s1. The Morgan fingerprint density at radius 3 is 2.62 bits per heavy atom. The van der Waals surface area contributed by atoms with Crippen LogP contribution in [0.25, 0.3) is 0 Å². The van der Waals surface area contributed by atoms with Crippen LogP contribution in [0.4, 0.5) is 4.39 Å². The maximum atomic E-state index is 13.4. The number of allylic oxidation sites excluding steroid dienone is 1. The third-order valence-electron chi connectivity index (χ3n) is 8.34. The van der Waals surface area contributed by atoms with Crippen LogP contribution >= 0.6 is 11.8 Å². The van der Waals surface area contributed by atoms with Crippen LogP contribution < -0.4 is 0 Å². The monoisotopic (exact) mass is 460 g/mol. The fourth-order valence-corrected chi connectivity index (χ4v) is 7.63. The minimum Gasteiger partial charge on any atom is -0.458 e. The maximum Gasteiger partial charge on any atom is 0.335 e. The van der Waals surface area contributed by atoms with E-state index in [2.05, 4.69) is 13.5 Å². The molecule has 1 aliphatic heterocycles. The van der Waals surface area contributed by atoms with E-state index in [4.69, 9.17) is 4.74 Å². The normalized spacial score (nSPS) is 35.8. The first-order valence-corrected chi connectivity index (χ1v) is 12.3. The summed E-state index contributed by atoms with van der Waals surface area (Å²) in [6.07, 6.45) is 5.31. The molecule has 6 atom stereocenters. The largest absolute Gasteiger partial charge is 0.458 e. The molecule has 32 heavy (non-hydrogen) atoms. The zero-order valence-corrected chi connectivity index (χ0v) is 19.7. The number of aliphatic hydroxyl groups excluding tert-OH is 2. The Kier molecular flexibility index (Phi) is 6.59. The first-order valence-electron chi connectivity index (χ1n) is 11.4. The predicted molar refractivity (Wildman–Crippen MR) is 124 cm³/mol. The van der Waals surface area contributed by atoms with Gasteiger partial charge < -0.3 is 14.9 Å². The lowest BCUT2D eigenvalue weighted by molar-refractivity contribution is -0.152. The third kappa shape index (κ3) is 4.06. The van der Waals surface area contributed by atoms with E-state index in [1.807, 2.05) is 13.0 Å². The van der Waals surface area contributed by atoms with Crippen LogP contribution in [-0.4, -0.2) is 40.8 Å². The summed E-state index contributed by atoms with van der Waals surface area (Å²) in [6.45, 7) is 8.94. The van der Waals surface area contributed by atoms with Crippen molar-refractivity contribution in [3.63, 3.8) is 0 Å². The number of hydrogen-bond donors (Lipinski definition) is 2. The molecule has 0 spiro atoms. The molecule has 4 nitrogen and oxygen atoms in total. The van der Waals surface area contributed by atoms with E-state index in [0.717, 1.165) is 24.2 Å². The molecule has 0 saturated heterocycles. The van der Waals surface area contributed by atoms with Gasteiger partial charge >= 0.3 is 5.97 Å². The Morgan fingerprint density at radius 1 is 1.28 bits per heavy atom. The maximum absolute atomic E-state index is 13.4. The fourth-order valence-electron chi connectivity index (χ4n) is 6.40. The van der Waals surface area contributed by atoms with E-state index < -0.39 is 11.5 Å². The highest BCUT2D eigenvalue weighted by atomic mass is 32.2. The van der Waals surface area contributed by atoms with E-state index in [-0.39, 0.29) is 47.5 Å². The number of fused-ring (bicyclic) bond motifs is 1. The van der Waals surface area contributed by atoms with Crippen molar-refractivity contribution in [1.82, 2.24) is 0 Å². The Morgan fingerprint density at radius 2 is 2.00 bits per heavy atom. The fraction of sp³-hybridized carbons (Fsp3) is 0.577. The number of cyclic esters (lactones) is 1. The lowest BCUT2D eigenvalue weighted by atomic mass is 9.46. The van der Waals surface area contributed by atoms with Gasteiger partial charge in [-0.2, -0.15) is 0 Å². The van der Waals surface area contributed by atoms with E-state index in [1.54, 1.807) is 23.9 Å². The summed E-state index contributed by atoms with van der Waals surface area (Å²) in [5.74, 6) is -0.260. The Hall–Kier alpha value is -1.63.